The van der Waals surface area contributed by atoms with E-state index in [9.17, 15) is 0 Å². The molecular weight excluding hydrogens is 60.1 g/mol. The summed E-state index contributed by atoms with van der Waals surface area (Å²) in [5.74, 6) is 0. The van der Waals surface area contributed by atoms with Crippen molar-refractivity contribution in [2.45, 2.75) is 35.1 Å². The average molecular weight is 98.3 g/mol. The third kappa shape index (κ3) is 0. The first-order valence-electron chi connectivity index (χ1n) is 6.00. The zero-order valence-corrected chi connectivity index (χ0v) is 4.00. The topological polar surface area (TPSA) is 0 Å². The van der Waals surface area contributed by atoms with Crippen LogP contribution in [0.3, 0.4) is 0 Å². The van der Waals surface area contributed by atoms with E-state index in [1.54, 1.807) is 0 Å². The van der Waals surface area contributed by atoms with Gasteiger partial charge in [0.1, 0.15) is 0 Å². The van der Waals surface area contributed by atoms with E-state index in [-0.39, 0.29) is 10.3 Å². The van der Waals surface area contributed by atoms with Crippen molar-refractivity contribution in [3.63, 3.8) is 0 Å². The quantitative estimate of drug-likeness (QED) is 0.426. The first kappa shape index (κ1) is 2.22. The van der Waals surface area contributed by atoms with Crippen LogP contribution in [0.15, 0.2) is 0 Å². The minimum atomic E-state index is 0. The molecule has 0 saturated heterocycles. The van der Waals surface area contributed by atoms with Gasteiger partial charge in [-0.2, -0.15) is 0 Å². The summed E-state index contributed by atoms with van der Waals surface area (Å²) in [6, 6.07) is 0. The summed E-state index contributed by atoms with van der Waals surface area (Å²) in [7, 11) is 0. The fourth-order valence-electron chi connectivity index (χ4n) is 0. The van der Waals surface area contributed by atoms with Gasteiger partial charge in [0.15, 0.2) is 0 Å². The zero-order valence-electron chi connectivity index (χ0n) is 12.0. The predicted octanol–water partition coefficient (Wildman–Crippen LogP) is 4.16. The maximum absolute atomic E-state index is 5.00. The number of rotatable bonds is 0. The van der Waals surface area contributed by atoms with Crippen molar-refractivity contribution < 1.29 is 14.7 Å². The molecular formula is C5H28. The second-order valence-corrected chi connectivity index (χ2v) is 0. The predicted molar refractivity (Wildman–Crippen MR) is 42.1 cm³/mol. The standard InChI is InChI=1S/2C2H6.CH4.6H2/c2*1-2;;;;;;;/h2*1-2H3;1H4;6*1H/i;;;4*1+1D;2*1+1. The van der Waals surface area contributed by atoms with Gasteiger partial charge in [0.25, 0.3) is 0 Å². The van der Waals surface area contributed by atoms with E-state index >= 15 is 0 Å². The van der Waals surface area contributed by atoms with Gasteiger partial charge in [-0.05, 0) is 0 Å². The zero-order chi connectivity index (χ0) is 12.0. The fraction of sp³-hybridized carbons (Fsp3) is 1.00. The Morgan fingerprint density at radius 1 is 1.00 bits per heavy atom. The van der Waals surface area contributed by atoms with Crippen molar-refractivity contribution in [2.24, 2.45) is 0 Å². The first-order chi connectivity index (χ1) is 6.00. The van der Waals surface area contributed by atoms with Gasteiger partial charge in [-0.15, -0.1) is 0 Å². The molecule has 5 heavy (non-hydrogen) atoms. The second kappa shape index (κ2) is 0. The lowest BCUT2D eigenvalue weighted by atomic mass is 11.0. The molecule has 0 saturated carbocycles. The van der Waals surface area contributed by atoms with Gasteiger partial charge in [0.2, 0.25) is 0 Å². The molecule has 48 valence electrons. The molecule has 0 atom stereocenters. The van der Waals surface area contributed by atoms with Crippen LogP contribution in [-0.2, 0) is 0 Å². The molecule has 0 bridgehead atoms. The van der Waals surface area contributed by atoms with Gasteiger partial charge in [-0.1, -0.05) is 35.1 Å². The molecule has 0 fully saturated rings. The third-order valence-corrected chi connectivity index (χ3v) is 0. The van der Waals surface area contributed by atoms with E-state index in [2.05, 4.69) is 0 Å². The molecule has 0 aromatic carbocycles. The van der Waals surface area contributed by atoms with E-state index in [4.69, 9.17) is 11.9 Å². The molecule has 0 aromatic rings. The van der Waals surface area contributed by atoms with E-state index in [0.717, 1.165) is 0 Å². The van der Waals surface area contributed by atoms with Crippen molar-refractivity contribution >= 4 is 0 Å². The maximum atomic E-state index is 5.00. The summed E-state index contributed by atoms with van der Waals surface area (Å²) in [5, 5.41) is 0. The summed E-state index contributed by atoms with van der Waals surface area (Å²) < 4.78 is 40.0. The van der Waals surface area contributed by atoms with Crippen molar-refractivity contribution in [3.8, 4) is 0 Å². The molecule has 0 heterocycles. The molecule has 0 nitrogen and oxygen atoms in total. The van der Waals surface area contributed by atoms with Crippen molar-refractivity contribution in [3.05, 3.63) is 0 Å². The lowest BCUT2D eigenvalue weighted by Crippen LogP contribution is -0.856. The lowest BCUT2D eigenvalue weighted by molar-refractivity contribution is 1.50. The van der Waals surface area contributed by atoms with Crippen LogP contribution in [0, 0.1) is 0 Å². The average Bonchev–Trinajstić information content (AvgIpc) is 2.33. The van der Waals surface area contributed by atoms with Gasteiger partial charge in [0, 0.05) is 14.7 Å². The number of hydrogen-bond acceptors (Lipinski definition) is 0. The van der Waals surface area contributed by atoms with E-state index in [0.29, 0.717) is 0 Å². The molecule has 0 unspecified atom stereocenters. The Morgan fingerprint density at radius 3 is 1.00 bits per heavy atom. The molecule has 0 spiro atoms. The number of hydrogen-bond donors (Lipinski definition) is 0. The van der Waals surface area contributed by atoms with Crippen LogP contribution in [-0.4, -0.2) is 0 Å². The first-order valence-corrected chi connectivity index (χ1v) is 2.00. The van der Waals surface area contributed by atoms with Crippen molar-refractivity contribution in [1.29, 1.82) is 0 Å². The van der Waals surface area contributed by atoms with Gasteiger partial charge in [-0.3, -0.25) is 0 Å². The molecule has 0 N–H and O–H groups in total. The van der Waals surface area contributed by atoms with Crippen LogP contribution in [0.4, 0.5) is 0 Å². The highest BCUT2D eigenvalue weighted by molar-refractivity contribution is 3.51. The smallest absolute Gasteiger partial charge is 0 e. The van der Waals surface area contributed by atoms with Gasteiger partial charge in [0.05, 0.1) is 0 Å². The normalized spacial score (nSPS) is 8.80. The van der Waals surface area contributed by atoms with Crippen LogP contribution in [0.2, 0.25) is 0 Å². The summed E-state index contributed by atoms with van der Waals surface area (Å²) in [4.78, 5) is 0. The van der Waals surface area contributed by atoms with E-state index in [1.165, 1.54) is 0 Å². The summed E-state index contributed by atoms with van der Waals surface area (Å²) in [6.45, 7) is 8.00. The second-order valence-electron chi connectivity index (χ2n) is 0. The summed E-state index contributed by atoms with van der Waals surface area (Å²) in [5.41, 5.74) is 0. The van der Waals surface area contributed by atoms with E-state index in [1.807, 2.05) is 27.7 Å². The van der Waals surface area contributed by atoms with E-state index < -0.39 is 0 Å². The highest BCUT2D eigenvalue weighted by Crippen LogP contribution is 1.15. The van der Waals surface area contributed by atoms with Crippen LogP contribution >= 0.6 is 0 Å². The molecule has 0 heteroatoms. The summed E-state index contributed by atoms with van der Waals surface area (Å²) in [6.07, 6.45) is 0. The Morgan fingerprint density at radius 2 is 1.00 bits per heavy atom. The maximum Gasteiger partial charge on any atom is 0 e. The molecule has 0 aliphatic carbocycles. The third-order valence-electron chi connectivity index (χ3n) is 0. The molecule has 0 aliphatic heterocycles. The molecule has 0 aromatic heterocycles. The Balaban J connectivity index is -0.00000000396. The van der Waals surface area contributed by atoms with Crippen molar-refractivity contribution in [1.82, 2.24) is 0 Å². The van der Waals surface area contributed by atoms with Gasteiger partial charge < -0.3 is 0 Å². The molecule has 0 amide bonds. The van der Waals surface area contributed by atoms with Crippen LogP contribution in [0.25, 0.3) is 0 Å². The fourth-order valence-corrected chi connectivity index (χ4v) is 0. The van der Waals surface area contributed by atoms with Crippen LogP contribution in [0.5, 0.6) is 0 Å². The highest BCUT2D eigenvalue weighted by Gasteiger charge is 0.934. The Bertz CT molecular complexity index is 13.8. The lowest BCUT2D eigenvalue weighted by Gasteiger charge is -1.07. The monoisotopic (exact) mass is 98.3 g/mol. The van der Waals surface area contributed by atoms with Gasteiger partial charge in [-0.25, -0.2) is 0 Å². The minimum absolute atomic E-state index is 0. The summed E-state index contributed by atoms with van der Waals surface area (Å²) >= 11 is 0. The van der Waals surface area contributed by atoms with Crippen LogP contribution in [0.1, 0.15) is 49.9 Å². The molecule has 0 aliphatic rings. The minimum Gasteiger partial charge on any atom is -0.0776 e. The highest BCUT2D eigenvalue weighted by atomic mass is 13.0. The Labute approximate surface area is 51.5 Å². The van der Waals surface area contributed by atoms with Crippen LogP contribution < -0.4 is 0 Å². The Kier molecular flexibility index (Phi) is 0. The molecule has 0 rings (SSSR count). The van der Waals surface area contributed by atoms with Crippen molar-refractivity contribution in [2.75, 3.05) is 0 Å². The largest absolute Gasteiger partial charge is 0.0776 e. The molecule has 0 radical (unpaired) electrons. The van der Waals surface area contributed by atoms with Gasteiger partial charge >= 0.3 is 0 Å². The Hall–Kier alpha value is 0. The SMILES string of the molecule is C.CC.CC.[2HH].[2HH].[2H][2H].[2H][2H].[2H][2H].[2H][2H].